The Kier molecular flexibility index (Phi) is 6.24. The van der Waals surface area contributed by atoms with Gasteiger partial charge in [0, 0.05) is 19.6 Å². The molecule has 19 heavy (non-hydrogen) atoms. The van der Waals surface area contributed by atoms with Crippen molar-refractivity contribution in [1.29, 1.82) is 0 Å². The Balaban J connectivity index is 2.34. The monoisotopic (exact) mass is 271 g/mol. The molecule has 0 saturated carbocycles. The Morgan fingerprint density at radius 2 is 1.84 bits per heavy atom. The van der Waals surface area contributed by atoms with Gasteiger partial charge in [-0.2, -0.15) is 0 Å². The molecule has 1 unspecified atom stereocenters. The van der Waals surface area contributed by atoms with E-state index in [1.807, 2.05) is 18.7 Å². The lowest BCUT2D eigenvalue weighted by Crippen LogP contribution is -2.52. The standard InChI is InChI=1S/C13H25N3O3/c1-9(2)8-14-13(19)15-12(18)10(3)16-6-4-11(17)5-7-16/h9-11,17H,4-8H2,1-3H3,(H2,14,15,18,19). The number of piperidine rings is 1. The maximum Gasteiger partial charge on any atom is 0.321 e. The van der Waals surface area contributed by atoms with Crippen LogP contribution in [0, 0.1) is 5.92 Å². The Morgan fingerprint density at radius 3 is 2.37 bits per heavy atom. The van der Waals surface area contributed by atoms with Gasteiger partial charge >= 0.3 is 6.03 Å². The number of aliphatic hydroxyl groups is 1. The van der Waals surface area contributed by atoms with Gasteiger partial charge in [0.05, 0.1) is 12.1 Å². The van der Waals surface area contributed by atoms with E-state index in [0.29, 0.717) is 38.4 Å². The third kappa shape index (κ3) is 5.57. The molecule has 3 amide bonds. The van der Waals surface area contributed by atoms with Crippen molar-refractivity contribution in [1.82, 2.24) is 15.5 Å². The van der Waals surface area contributed by atoms with Gasteiger partial charge in [-0.05, 0) is 25.7 Å². The number of carbonyl (C=O) groups is 2. The fourth-order valence-electron chi connectivity index (χ4n) is 2.00. The van der Waals surface area contributed by atoms with Crippen molar-refractivity contribution in [3.8, 4) is 0 Å². The van der Waals surface area contributed by atoms with Crippen LogP contribution >= 0.6 is 0 Å². The van der Waals surface area contributed by atoms with Crippen LogP contribution in [0.3, 0.4) is 0 Å². The molecule has 1 heterocycles. The average molecular weight is 271 g/mol. The highest BCUT2D eigenvalue weighted by atomic mass is 16.3. The van der Waals surface area contributed by atoms with Crippen molar-refractivity contribution in [3.63, 3.8) is 0 Å². The van der Waals surface area contributed by atoms with Gasteiger partial charge in [-0.15, -0.1) is 0 Å². The van der Waals surface area contributed by atoms with Crippen LogP contribution < -0.4 is 10.6 Å². The highest BCUT2D eigenvalue weighted by Crippen LogP contribution is 2.12. The fraction of sp³-hybridized carbons (Fsp3) is 0.846. The number of likely N-dealkylation sites (tertiary alicyclic amines) is 1. The molecule has 0 spiro atoms. The van der Waals surface area contributed by atoms with E-state index >= 15 is 0 Å². The highest BCUT2D eigenvalue weighted by Gasteiger charge is 2.26. The lowest BCUT2D eigenvalue weighted by molar-refractivity contribution is -0.125. The van der Waals surface area contributed by atoms with Gasteiger partial charge in [0.15, 0.2) is 0 Å². The van der Waals surface area contributed by atoms with Crippen molar-refractivity contribution in [3.05, 3.63) is 0 Å². The SMILES string of the molecule is CC(C)CNC(=O)NC(=O)C(C)N1CCC(O)CC1. The number of amides is 3. The molecule has 0 aromatic rings. The van der Waals surface area contributed by atoms with Crippen LogP contribution in [0.1, 0.15) is 33.6 Å². The quantitative estimate of drug-likeness (QED) is 0.687. The van der Waals surface area contributed by atoms with Crippen molar-refractivity contribution in [2.75, 3.05) is 19.6 Å². The number of nitrogens with one attached hydrogen (secondary N) is 2. The molecular weight excluding hydrogens is 246 g/mol. The van der Waals surface area contributed by atoms with Crippen LogP contribution in [0.25, 0.3) is 0 Å². The van der Waals surface area contributed by atoms with Crippen molar-refractivity contribution < 1.29 is 14.7 Å². The Morgan fingerprint density at radius 1 is 1.26 bits per heavy atom. The zero-order valence-electron chi connectivity index (χ0n) is 12.0. The summed E-state index contributed by atoms with van der Waals surface area (Å²) >= 11 is 0. The summed E-state index contributed by atoms with van der Waals surface area (Å²) in [6, 6.07) is -0.792. The first-order chi connectivity index (χ1) is 8.90. The second-order valence-electron chi connectivity index (χ2n) is 5.54. The summed E-state index contributed by atoms with van der Waals surface area (Å²) in [5.41, 5.74) is 0. The smallest absolute Gasteiger partial charge is 0.321 e. The zero-order chi connectivity index (χ0) is 14.4. The number of hydrogen-bond acceptors (Lipinski definition) is 4. The average Bonchev–Trinajstić information content (AvgIpc) is 2.36. The first kappa shape index (κ1) is 15.9. The van der Waals surface area contributed by atoms with Crippen LogP contribution in [0.2, 0.25) is 0 Å². The van der Waals surface area contributed by atoms with E-state index in [2.05, 4.69) is 10.6 Å². The number of nitrogens with zero attached hydrogens (tertiary/aromatic N) is 1. The predicted octanol–water partition coefficient (Wildman–Crippen LogP) is 0.313. The van der Waals surface area contributed by atoms with E-state index < -0.39 is 6.03 Å². The predicted molar refractivity (Wildman–Crippen MR) is 72.7 cm³/mol. The highest BCUT2D eigenvalue weighted by molar-refractivity contribution is 5.96. The van der Waals surface area contributed by atoms with Gasteiger partial charge in [0.1, 0.15) is 0 Å². The van der Waals surface area contributed by atoms with Crippen LogP contribution in [-0.2, 0) is 4.79 Å². The van der Waals surface area contributed by atoms with E-state index in [1.54, 1.807) is 6.92 Å². The minimum Gasteiger partial charge on any atom is -0.393 e. The Hall–Kier alpha value is -1.14. The minimum absolute atomic E-state index is 0.263. The molecule has 1 aliphatic heterocycles. The molecule has 1 atom stereocenters. The molecule has 3 N–H and O–H groups in total. The molecule has 0 aromatic carbocycles. The lowest BCUT2D eigenvalue weighted by Gasteiger charge is -2.33. The molecule has 1 aliphatic rings. The van der Waals surface area contributed by atoms with E-state index in [0.717, 1.165) is 0 Å². The number of rotatable bonds is 4. The number of aliphatic hydroxyl groups excluding tert-OH is 1. The second-order valence-corrected chi connectivity index (χ2v) is 5.54. The summed E-state index contributed by atoms with van der Waals surface area (Å²) in [5, 5.41) is 14.4. The summed E-state index contributed by atoms with van der Waals surface area (Å²) in [6.45, 7) is 7.67. The third-order valence-corrected chi connectivity index (χ3v) is 3.33. The molecule has 0 radical (unpaired) electrons. The van der Waals surface area contributed by atoms with Gasteiger partial charge in [0.25, 0.3) is 0 Å². The van der Waals surface area contributed by atoms with Crippen LogP contribution in [0.4, 0.5) is 4.79 Å². The van der Waals surface area contributed by atoms with E-state index in [-0.39, 0.29) is 18.1 Å². The normalized spacial score (nSPS) is 19.2. The number of urea groups is 1. The maximum atomic E-state index is 11.9. The van der Waals surface area contributed by atoms with Gasteiger partial charge < -0.3 is 10.4 Å². The lowest BCUT2D eigenvalue weighted by atomic mass is 10.1. The first-order valence-corrected chi connectivity index (χ1v) is 6.91. The maximum absolute atomic E-state index is 11.9. The van der Waals surface area contributed by atoms with Gasteiger partial charge in [-0.1, -0.05) is 13.8 Å². The second kappa shape index (κ2) is 7.45. The van der Waals surface area contributed by atoms with Crippen molar-refractivity contribution in [2.24, 2.45) is 5.92 Å². The molecule has 1 saturated heterocycles. The summed E-state index contributed by atoms with van der Waals surface area (Å²) in [5.74, 6) is 0.0551. The molecule has 0 aliphatic carbocycles. The van der Waals surface area contributed by atoms with E-state index in [1.165, 1.54) is 0 Å². The van der Waals surface area contributed by atoms with Gasteiger partial charge in [-0.3, -0.25) is 15.0 Å². The topological polar surface area (TPSA) is 81.7 Å². The van der Waals surface area contributed by atoms with Crippen LogP contribution in [0.5, 0.6) is 0 Å². The molecular formula is C13H25N3O3. The van der Waals surface area contributed by atoms with Gasteiger partial charge in [-0.25, -0.2) is 4.79 Å². The fourth-order valence-corrected chi connectivity index (χ4v) is 2.00. The zero-order valence-corrected chi connectivity index (χ0v) is 12.0. The van der Waals surface area contributed by atoms with Crippen LogP contribution in [-0.4, -0.2) is 53.7 Å². The van der Waals surface area contributed by atoms with Crippen molar-refractivity contribution in [2.45, 2.75) is 45.8 Å². The largest absolute Gasteiger partial charge is 0.393 e. The number of imide groups is 1. The molecule has 0 aromatic heterocycles. The number of hydrogen-bond donors (Lipinski definition) is 3. The minimum atomic E-state index is -0.442. The molecule has 1 fully saturated rings. The van der Waals surface area contributed by atoms with E-state index in [9.17, 15) is 14.7 Å². The van der Waals surface area contributed by atoms with Crippen molar-refractivity contribution >= 4 is 11.9 Å². The molecule has 110 valence electrons. The summed E-state index contributed by atoms with van der Waals surface area (Å²) in [6.07, 6.45) is 1.09. The van der Waals surface area contributed by atoms with Crippen LogP contribution in [0.15, 0.2) is 0 Å². The summed E-state index contributed by atoms with van der Waals surface area (Å²) in [4.78, 5) is 25.4. The molecule has 6 nitrogen and oxygen atoms in total. The van der Waals surface area contributed by atoms with E-state index in [4.69, 9.17) is 0 Å². The Labute approximate surface area is 114 Å². The molecule has 0 bridgehead atoms. The molecule has 1 rings (SSSR count). The van der Waals surface area contributed by atoms with Gasteiger partial charge in [0.2, 0.25) is 5.91 Å². The molecule has 6 heteroatoms. The Bertz CT molecular complexity index is 312. The first-order valence-electron chi connectivity index (χ1n) is 6.91. The number of carbonyl (C=O) groups excluding carboxylic acids is 2. The summed E-state index contributed by atoms with van der Waals surface area (Å²) < 4.78 is 0. The third-order valence-electron chi connectivity index (χ3n) is 3.33. The summed E-state index contributed by atoms with van der Waals surface area (Å²) in [7, 11) is 0.